The Balaban J connectivity index is 2.31. The van der Waals surface area contributed by atoms with Gasteiger partial charge in [0.1, 0.15) is 6.04 Å². The average molecular weight is 279 g/mol. The van der Waals surface area contributed by atoms with E-state index in [1.807, 2.05) is 0 Å². The molecule has 0 fully saturated rings. The molecule has 0 amide bonds. The van der Waals surface area contributed by atoms with E-state index in [1.54, 1.807) is 0 Å². The van der Waals surface area contributed by atoms with Gasteiger partial charge >= 0.3 is 0 Å². The van der Waals surface area contributed by atoms with Crippen LogP contribution >= 0.6 is 0 Å². The van der Waals surface area contributed by atoms with Crippen molar-refractivity contribution in [1.82, 2.24) is 0 Å². The number of benzene rings is 1. The van der Waals surface area contributed by atoms with Crippen LogP contribution in [0.4, 0.5) is 8.78 Å². The van der Waals surface area contributed by atoms with Gasteiger partial charge in [-0.2, -0.15) is 4.91 Å². The molecule has 1 aliphatic rings. The Morgan fingerprint density at radius 2 is 2.05 bits per heavy atom. The molecule has 0 heterocycles. The fraction of sp³-hybridized carbons (Fsp3) is 0.500. The minimum atomic E-state index is -0.876. The predicted octanol–water partition coefficient (Wildman–Crippen LogP) is 5.23. The van der Waals surface area contributed by atoms with Crippen LogP contribution in [0.5, 0.6) is 0 Å². The molecule has 0 saturated carbocycles. The van der Waals surface area contributed by atoms with Crippen LogP contribution in [0.3, 0.4) is 0 Å². The summed E-state index contributed by atoms with van der Waals surface area (Å²) in [6, 6.07) is 3.41. The summed E-state index contributed by atoms with van der Waals surface area (Å²) in [5.41, 5.74) is 2.58. The first-order valence-electron chi connectivity index (χ1n) is 7.17. The number of allylic oxidation sites excluding steroid dienone is 1. The number of halogens is 2. The van der Waals surface area contributed by atoms with Crippen LogP contribution in [-0.4, -0.2) is 6.04 Å². The lowest BCUT2D eigenvalue weighted by atomic mass is 9.96. The van der Waals surface area contributed by atoms with Crippen molar-refractivity contribution in [3.63, 3.8) is 0 Å². The fourth-order valence-corrected chi connectivity index (χ4v) is 2.84. The summed E-state index contributed by atoms with van der Waals surface area (Å²) in [6.07, 6.45) is 5.74. The lowest BCUT2D eigenvalue weighted by molar-refractivity contribution is 0.508. The van der Waals surface area contributed by atoms with Gasteiger partial charge in [-0.1, -0.05) is 36.6 Å². The summed E-state index contributed by atoms with van der Waals surface area (Å²) in [6.45, 7) is 2.13. The number of hydrogen-bond donors (Lipinski definition) is 0. The van der Waals surface area contributed by atoms with E-state index in [0.29, 0.717) is 12.0 Å². The van der Waals surface area contributed by atoms with Crippen LogP contribution in [0, 0.1) is 16.5 Å². The van der Waals surface area contributed by atoms with E-state index in [0.717, 1.165) is 43.7 Å². The van der Waals surface area contributed by atoms with Crippen molar-refractivity contribution in [2.45, 2.75) is 51.5 Å². The van der Waals surface area contributed by atoms with Crippen molar-refractivity contribution in [2.24, 2.45) is 5.18 Å². The summed E-state index contributed by atoms with van der Waals surface area (Å²) >= 11 is 0. The molecule has 1 unspecified atom stereocenters. The maximum Gasteiger partial charge on any atom is 0.159 e. The van der Waals surface area contributed by atoms with Crippen LogP contribution in [0.25, 0.3) is 5.57 Å². The van der Waals surface area contributed by atoms with Crippen LogP contribution in [-0.2, 0) is 0 Å². The molecule has 0 radical (unpaired) electrons. The van der Waals surface area contributed by atoms with Crippen molar-refractivity contribution >= 4 is 5.57 Å². The zero-order valence-corrected chi connectivity index (χ0v) is 11.7. The highest BCUT2D eigenvalue weighted by atomic mass is 19.2. The Morgan fingerprint density at radius 3 is 2.70 bits per heavy atom. The van der Waals surface area contributed by atoms with E-state index < -0.39 is 17.7 Å². The molecule has 1 aromatic rings. The minimum absolute atomic E-state index is 0.420. The van der Waals surface area contributed by atoms with Gasteiger partial charge in [0.2, 0.25) is 0 Å². The molecular weight excluding hydrogens is 260 g/mol. The van der Waals surface area contributed by atoms with Crippen molar-refractivity contribution in [3.8, 4) is 0 Å². The van der Waals surface area contributed by atoms with E-state index in [-0.39, 0.29) is 0 Å². The monoisotopic (exact) mass is 279 g/mol. The lowest BCUT2D eigenvalue weighted by Gasteiger charge is -2.11. The number of hydrogen-bond acceptors (Lipinski definition) is 2. The Kier molecular flexibility index (Phi) is 4.99. The van der Waals surface area contributed by atoms with Gasteiger partial charge in [0, 0.05) is 0 Å². The molecule has 0 aliphatic heterocycles. The van der Waals surface area contributed by atoms with Crippen molar-refractivity contribution < 1.29 is 8.78 Å². The summed E-state index contributed by atoms with van der Waals surface area (Å²) in [7, 11) is 0. The third-order valence-electron chi connectivity index (χ3n) is 3.87. The summed E-state index contributed by atoms with van der Waals surface area (Å²) in [5, 5.41) is 3.15. The number of nitroso groups, excluding NO2 is 1. The normalized spacial score (nSPS) is 18.6. The second-order valence-electron chi connectivity index (χ2n) is 5.26. The Bertz CT molecular complexity index is 525. The molecule has 1 aliphatic carbocycles. The highest BCUT2D eigenvalue weighted by Gasteiger charge is 2.27. The number of unbranched alkanes of at least 4 members (excludes halogenated alkanes) is 2. The zero-order chi connectivity index (χ0) is 14.5. The molecule has 1 aromatic carbocycles. The Morgan fingerprint density at radius 1 is 1.25 bits per heavy atom. The van der Waals surface area contributed by atoms with Gasteiger partial charge in [0.15, 0.2) is 11.6 Å². The molecule has 4 heteroatoms. The predicted molar refractivity (Wildman–Crippen MR) is 76.2 cm³/mol. The highest BCUT2D eigenvalue weighted by Crippen LogP contribution is 2.38. The van der Waals surface area contributed by atoms with Gasteiger partial charge in [-0.05, 0) is 49.0 Å². The third-order valence-corrected chi connectivity index (χ3v) is 3.87. The van der Waals surface area contributed by atoms with Gasteiger partial charge in [0.25, 0.3) is 0 Å². The Labute approximate surface area is 117 Å². The smallest absolute Gasteiger partial charge is 0.159 e. The first-order chi connectivity index (χ1) is 9.67. The van der Waals surface area contributed by atoms with E-state index in [4.69, 9.17) is 0 Å². The topological polar surface area (TPSA) is 29.4 Å². The van der Waals surface area contributed by atoms with Crippen LogP contribution < -0.4 is 0 Å². The van der Waals surface area contributed by atoms with E-state index >= 15 is 0 Å². The Hall–Kier alpha value is -1.58. The summed E-state index contributed by atoms with van der Waals surface area (Å²) in [5.74, 6) is -1.74. The number of rotatable bonds is 6. The van der Waals surface area contributed by atoms with Crippen molar-refractivity contribution in [3.05, 3.63) is 45.9 Å². The molecule has 1 atom stereocenters. The molecule has 0 saturated heterocycles. The third kappa shape index (κ3) is 3.11. The molecule has 2 nitrogen and oxygen atoms in total. The quantitative estimate of drug-likeness (QED) is 0.518. The largest absolute Gasteiger partial charge is 0.204 e. The average Bonchev–Trinajstić information content (AvgIpc) is 2.85. The fourth-order valence-electron chi connectivity index (χ4n) is 2.84. The molecule has 2 rings (SSSR count). The van der Waals surface area contributed by atoms with Gasteiger partial charge in [0.05, 0.1) is 0 Å². The maximum absolute atomic E-state index is 13.4. The molecule has 0 bridgehead atoms. The molecule has 0 aromatic heterocycles. The highest BCUT2D eigenvalue weighted by molar-refractivity contribution is 5.74. The van der Waals surface area contributed by atoms with E-state index in [2.05, 4.69) is 12.1 Å². The first kappa shape index (κ1) is 14.8. The lowest BCUT2D eigenvalue weighted by Crippen LogP contribution is -2.02. The van der Waals surface area contributed by atoms with Crippen LogP contribution in [0.15, 0.2) is 28.9 Å². The van der Waals surface area contributed by atoms with Gasteiger partial charge in [-0.15, -0.1) is 0 Å². The SMILES string of the molecule is CCCCCC1=C(c2ccc(F)c(F)c2)C(N=O)CC1. The maximum atomic E-state index is 13.4. The second-order valence-corrected chi connectivity index (χ2v) is 5.26. The molecular formula is C16H19F2NO. The summed E-state index contributed by atoms with van der Waals surface area (Å²) in [4.78, 5) is 11.0. The number of nitrogens with zero attached hydrogens (tertiary/aromatic N) is 1. The van der Waals surface area contributed by atoms with Gasteiger partial charge in [-0.25, -0.2) is 8.78 Å². The standard InChI is InChI=1S/C16H19F2NO/c1-2-3-4-5-11-7-9-15(19-20)16(11)12-6-8-13(17)14(18)10-12/h6,8,10,15H,2-5,7,9H2,1H3. The molecule has 20 heavy (non-hydrogen) atoms. The molecule has 108 valence electrons. The van der Waals surface area contributed by atoms with Crippen molar-refractivity contribution in [2.75, 3.05) is 0 Å². The second kappa shape index (κ2) is 6.73. The zero-order valence-electron chi connectivity index (χ0n) is 11.7. The van der Waals surface area contributed by atoms with Gasteiger partial charge < -0.3 is 0 Å². The molecule has 0 spiro atoms. The van der Waals surface area contributed by atoms with E-state index in [1.165, 1.54) is 17.7 Å². The van der Waals surface area contributed by atoms with Crippen LogP contribution in [0.1, 0.15) is 51.0 Å². The summed E-state index contributed by atoms with van der Waals surface area (Å²) < 4.78 is 26.4. The first-order valence-corrected chi connectivity index (χ1v) is 7.17. The van der Waals surface area contributed by atoms with E-state index in [9.17, 15) is 13.7 Å². The minimum Gasteiger partial charge on any atom is -0.204 e. The molecule has 0 N–H and O–H groups in total. The van der Waals surface area contributed by atoms with Crippen LogP contribution in [0.2, 0.25) is 0 Å². The van der Waals surface area contributed by atoms with Crippen molar-refractivity contribution in [1.29, 1.82) is 0 Å². The van der Waals surface area contributed by atoms with Gasteiger partial charge in [-0.3, -0.25) is 0 Å².